The largest absolute Gasteiger partial charge is 0.494 e. The molecule has 0 spiro atoms. The zero-order chi connectivity index (χ0) is 17.0. The van der Waals surface area contributed by atoms with Gasteiger partial charge in [0.15, 0.2) is 11.6 Å². The Morgan fingerprint density at radius 1 is 1.57 bits per heavy atom. The average Bonchev–Trinajstić information content (AvgIpc) is 2.54. The fourth-order valence-corrected chi connectivity index (χ4v) is 2.67. The highest BCUT2D eigenvalue weighted by Gasteiger charge is 2.32. The van der Waals surface area contributed by atoms with Crippen LogP contribution in [0.25, 0.3) is 0 Å². The number of rotatable bonds is 4. The molecule has 0 aliphatic carbocycles. The van der Waals surface area contributed by atoms with Crippen molar-refractivity contribution in [1.29, 1.82) is 0 Å². The van der Waals surface area contributed by atoms with Crippen molar-refractivity contribution in [2.45, 2.75) is 32.4 Å². The molecule has 2 N–H and O–H groups in total. The van der Waals surface area contributed by atoms with E-state index < -0.39 is 11.9 Å². The van der Waals surface area contributed by atoms with Crippen LogP contribution in [0.4, 0.5) is 9.18 Å². The first kappa shape index (κ1) is 17.1. The molecule has 1 aromatic carbocycles. The maximum atomic E-state index is 13.8. The summed E-state index contributed by atoms with van der Waals surface area (Å²) < 4.78 is 18.7. The molecular formula is C16H22FN3O3. The summed E-state index contributed by atoms with van der Waals surface area (Å²) >= 11 is 0. The number of hydrogen-bond donors (Lipinski definition) is 2. The number of nitrogens with zero attached hydrogens (tertiary/aromatic N) is 1. The van der Waals surface area contributed by atoms with Crippen molar-refractivity contribution in [2.24, 2.45) is 0 Å². The Labute approximate surface area is 135 Å². The van der Waals surface area contributed by atoms with E-state index in [0.717, 1.165) is 0 Å². The number of urea groups is 1. The van der Waals surface area contributed by atoms with Gasteiger partial charge in [0.05, 0.1) is 13.2 Å². The fourth-order valence-electron chi connectivity index (χ4n) is 2.67. The molecular weight excluding hydrogens is 301 g/mol. The smallest absolute Gasteiger partial charge is 0.318 e. The summed E-state index contributed by atoms with van der Waals surface area (Å²) in [5.41, 5.74) is 0.631. The van der Waals surface area contributed by atoms with Gasteiger partial charge in [-0.1, -0.05) is 13.0 Å². The third-order valence-corrected chi connectivity index (χ3v) is 3.99. The van der Waals surface area contributed by atoms with Crippen molar-refractivity contribution in [3.63, 3.8) is 0 Å². The Hall–Kier alpha value is -2.31. The molecule has 2 rings (SSSR count). The molecule has 0 unspecified atom stereocenters. The molecule has 1 heterocycles. The highest BCUT2D eigenvalue weighted by molar-refractivity contribution is 5.88. The van der Waals surface area contributed by atoms with E-state index in [9.17, 15) is 14.0 Å². The molecule has 0 radical (unpaired) electrons. The molecule has 2 atom stereocenters. The number of carbonyl (C=O) groups excluding carboxylic acids is 2. The van der Waals surface area contributed by atoms with E-state index in [-0.39, 0.29) is 23.7 Å². The van der Waals surface area contributed by atoms with Gasteiger partial charge < -0.3 is 20.3 Å². The van der Waals surface area contributed by atoms with Crippen LogP contribution in [0.15, 0.2) is 18.2 Å². The number of carbonyl (C=O) groups is 2. The van der Waals surface area contributed by atoms with Crippen LogP contribution in [-0.4, -0.2) is 43.1 Å². The van der Waals surface area contributed by atoms with Gasteiger partial charge in [-0.05, 0) is 31.0 Å². The van der Waals surface area contributed by atoms with Crippen molar-refractivity contribution in [2.75, 3.05) is 20.2 Å². The Morgan fingerprint density at radius 3 is 2.91 bits per heavy atom. The third kappa shape index (κ3) is 3.72. The predicted molar refractivity (Wildman–Crippen MR) is 83.7 cm³/mol. The summed E-state index contributed by atoms with van der Waals surface area (Å²) in [4.78, 5) is 25.8. The van der Waals surface area contributed by atoms with Crippen LogP contribution in [0.1, 0.15) is 31.9 Å². The highest BCUT2D eigenvalue weighted by atomic mass is 19.1. The molecule has 23 heavy (non-hydrogen) atoms. The molecule has 1 aromatic rings. The lowest BCUT2D eigenvalue weighted by atomic mass is 10.1. The topological polar surface area (TPSA) is 70.7 Å². The van der Waals surface area contributed by atoms with Gasteiger partial charge in [0.25, 0.3) is 0 Å². The standard InChI is InChI=1S/C16H22FN3O3/c1-4-13-15(21)18-7-8-20(13)16(22)19-10(2)11-5-6-14(23-3)12(17)9-11/h5-6,9-10,13H,4,7-8H2,1-3H3,(H,18,21)(H,19,22)/t10-,13-/m1/s1. The number of halogens is 1. The minimum absolute atomic E-state index is 0.142. The van der Waals surface area contributed by atoms with Crippen molar-refractivity contribution >= 4 is 11.9 Å². The van der Waals surface area contributed by atoms with E-state index in [2.05, 4.69) is 10.6 Å². The number of piperazine rings is 1. The molecule has 126 valence electrons. The van der Waals surface area contributed by atoms with Crippen LogP contribution < -0.4 is 15.4 Å². The summed E-state index contributed by atoms with van der Waals surface area (Å²) in [7, 11) is 1.40. The number of amides is 3. The lowest BCUT2D eigenvalue weighted by Crippen LogP contribution is -2.59. The van der Waals surface area contributed by atoms with E-state index >= 15 is 0 Å². The van der Waals surface area contributed by atoms with Crippen molar-refractivity contribution < 1.29 is 18.7 Å². The van der Waals surface area contributed by atoms with Gasteiger partial charge in [-0.25, -0.2) is 9.18 Å². The Balaban J connectivity index is 2.06. The van der Waals surface area contributed by atoms with Crippen LogP contribution >= 0.6 is 0 Å². The number of nitrogens with one attached hydrogen (secondary N) is 2. The molecule has 3 amide bonds. The molecule has 1 saturated heterocycles. The summed E-state index contributed by atoms with van der Waals surface area (Å²) in [6.45, 7) is 4.52. The first-order chi connectivity index (χ1) is 11.0. The summed E-state index contributed by atoms with van der Waals surface area (Å²) in [5.74, 6) is -0.460. The van der Waals surface area contributed by atoms with E-state index in [4.69, 9.17) is 4.74 Å². The molecule has 1 aliphatic rings. The SMILES string of the molecule is CC[C@@H]1C(=O)NCCN1C(=O)N[C@H](C)c1ccc(OC)c(F)c1. The Bertz CT molecular complexity index is 594. The summed E-state index contributed by atoms with van der Waals surface area (Å²) in [6.07, 6.45) is 0.546. The minimum Gasteiger partial charge on any atom is -0.494 e. The minimum atomic E-state index is -0.477. The zero-order valence-corrected chi connectivity index (χ0v) is 13.6. The average molecular weight is 323 g/mol. The van der Waals surface area contributed by atoms with E-state index in [1.165, 1.54) is 24.1 Å². The maximum Gasteiger partial charge on any atom is 0.318 e. The van der Waals surface area contributed by atoms with Crippen molar-refractivity contribution in [3.8, 4) is 5.75 Å². The first-order valence-electron chi connectivity index (χ1n) is 7.66. The quantitative estimate of drug-likeness (QED) is 0.888. The summed E-state index contributed by atoms with van der Waals surface area (Å²) in [5, 5.41) is 5.56. The molecule has 0 saturated carbocycles. The van der Waals surface area contributed by atoms with Crippen LogP contribution in [-0.2, 0) is 4.79 Å². The van der Waals surface area contributed by atoms with E-state index in [0.29, 0.717) is 25.1 Å². The lowest BCUT2D eigenvalue weighted by Gasteiger charge is -2.35. The van der Waals surface area contributed by atoms with Crippen LogP contribution in [0.5, 0.6) is 5.75 Å². The van der Waals surface area contributed by atoms with Gasteiger partial charge in [-0.15, -0.1) is 0 Å². The normalized spacial score (nSPS) is 19.0. The molecule has 0 bridgehead atoms. The second-order valence-electron chi connectivity index (χ2n) is 5.47. The van der Waals surface area contributed by atoms with Gasteiger partial charge in [-0.2, -0.15) is 0 Å². The van der Waals surface area contributed by atoms with Crippen LogP contribution in [0.2, 0.25) is 0 Å². The first-order valence-corrected chi connectivity index (χ1v) is 7.66. The second-order valence-corrected chi connectivity index (χ2v) is 5.47. The summed E-state index contributed by atoms with van der Waals surface area (Å²) in [6, 6.07) is 3.39. The van der Waals surface area contributed by atoms with Crippen LogP contribution in [0, 0.1) is 5.82 Å². The number of methoxy groups -OCH3 is 1. The fraction of sp³-hybridized carbons (Fsp3) is 0.500. The highest BCUT2D eigenvalue weighted by Crippen LogP contribution is 2.22. The van der Waals surface area contributed by atoms with Gasteiger partial charge in [-0.3, -0.25) is 4.79 Å². The second kappa shape index (κ2) is 7.30. The number of ether oxygens (including phenoxy) is 1. The molecule has 1 aliphatic heterocycles. The van der Waals surface area contributed by atoms with Gasteiger partial charge in [0.1, 0.15) is 6.04 Å². The van der Waals surface area contributed by atoms with Gasteiger partial charge in [0.2, 0.25) is 5.91 Å². The Morgan fingerprint density at radius 2 is 2.30 bits per heavy atom. The molecule has 6 nitrogen and oxygen atoms in total. The molecule has 1 fully saturated rings. The zero-order valence-electron chi connectivity index (χ0n) is 13.6. The number of benzene rings is 1. The number of hydrogen-bond acceptors (Lipinski definition) is 3. The molecule has 7 heteroatoms. The van der Waals surface area contributed by atoms with Crippen LogP contribution in [0.3, 0.4) is 0 Å². The lowest BCUT2D eigenvalue weighted by molar-refractivity contribution is -0.127. The van der Waals surface area contributed by atoms with Crippen molar-refractivity contribution in [3.05, 3.63) is 29.6 Å². The molecule has 0 aromatic heterocycles. The van der Waals surface area contributed by atoms with E-state index in [1.807, 2.05) is 6.92 Å². The monoisotopic (exact) mass is 323 g/mol. The van der Waals surface area contributed by atoms with Gasteiger partial charge >= 0.3 is 6.03 Å². The Kier molecular flexibility index (Phi) is 5.41. The maximum absolute atomic E-state index is 13.8. The van der Waals surface area contributed by atoms with Crippen molar-refractivity contribution in [1.82, 2.24) is 15.5 Å². The predicted octanol–water partition coefficient (Wildman–Crippen LogP) is 1.82. The third-order valence-electron chi connectivity index (χ3n) is 3.99. The van der Waals surface area contributed by atoms with Gasteiger partial charge in [0, 0.05) is 13.1 Å². The van der Waals surface area contributed by atoms with E-state index in [1.54, 1.807) is 13.0 Å².